The minimum Gasteiger partial charge on any atom is -0.397 e. The van der Waals surface area contributed by atoms with Gasteiger partial charge in [-0.15, -0.1) is 0 Å². The first-order valence-corrected chi connectivity index (χ1v) is 6.48. The van der Waals surface area contributed by atoms with Gasteiger partial charge in [-0.25, -0.2) is 0 Å². The minimum atomic E-state index is -0.149. The standard InChI is InChI=1S/C14H23N3O3/c1-16-14(18)11-4-5-13(12(15)10-11)17(6-8-19-2)7-9-20-3/h4-5,10H,6-9,15H2,1-3H3,(H,16,18). The van der Waals surface area contributed by atoms with E-state index in [1.54, 1.807) is 33.4 Å². The van der Waals surface area contributed by atoms with Gasteiger partial charge in [0.15, 0.2) is 0 Å². The Kier molecular flexibility index (Phi) is 6.83. The summed E-state index contributed by atoms with van der Waals surface area (Å²) >= 11 is 0. The van der Waals surface area contributed by atoms with E-state index in [0.717, 1.165) is 5.69 Å². The molecule has 0 unspecified atom stereocenters. The predicted octanol–water partition coefficient (Wildman–Crippen LogP) is 0.728. The van der Waals surface area contributed by atoms with Crippen LogP contribution in [0.5, 0.6) is 0 Å². The molecule has 0 bridgehead atoms. The van der Waals surface area contributed by atoms with Gasteiger partial charge in [0.2, 0.25) is 0 Å². The number of nitrogens with zero attached hydrogens (tertiary/aromatic N) is 1. The summed E-state index contributed by atoms with van der Waals surface area (Å²) in [6.45, 7) is 2.62. The topological polar surface area (TPSA) is 76.8 Å². The minimum absolute atomic E-state index is 0.149. The fourth-order valence-electron chi connectivity index (χ4n) is 1.88. The molecule has 0 aliphatic carbocycles. The number of rotatable bonds is 8. The summed E-state index contributed by atoms with van der Waals surface area (Å²) < 4.78 is 10.2. The zero-order valence-electron chi connectivity index (χ0n) is 12.3. The number of nitrogens with two attached hydrogens (primary N) is 1. The average molecular weight is 281 g/mol. The number of anilines is 2. The number of ether oxygens (including phenoxy) is 2. The second-order valence-electron chi connectivity index (χ2n) is 4.33. The Balaban J connectivity index is 2.91. The molecule has 0 atom stereocenters. The molecule has 112 valence electrons. The lowest BCUT2D eigenvalue weighted by Crippen LogP contribution is -2.31. The van der Waals surface area contributed by atoms with Crippen molar-refractivity contribution in [1.29, 1.82) is 0 Å². The molecule has 0 fully saturated rings. The van der Waals surface area contributed by atoms with Gasteiger partial charge in [-0.05, 0) is 18.2 Å². The third-order valence-electron chi connectivity index (χ3n) is 2.99. The van der Waals surface area contributed by atoms with Gasteiger partial charge in [-0.2, -0.15) is 0 Å². The lowest BCUT2D eigenvalue weighted by Gasteiger charge is -2.25. The molecule has 20 heavy (non-hydrogen) atoms. The fraction of sp³-hybridized carbons (Fsp3) is 0.500. The zero-order chi connectivity index (χ0) is 15.0. The van der Waals surface area contributed by atoms with Crippen molar-refractivity contribution in [2.75, 3.05) is 58.2 Å². The van der Waals surface area contributed by atoms with Crippen LogP contribution in [0.15, 0.2) is 18.2 Å². The van der Waals surface area contributed by atoms with Crippen LogP contribution in [0, 0.1) is 0 Å². The second kappa shape index (κ2) is 8.39. The van der Waals surface area contributed by atoms with Gasteiger partial charge in [0.25, 0.3) is 5.91 Å². The van der Waals surface area contributed by atoms with Crippen molar-refractivity contribution in [3.05, 3.63) is 23.8 Å². The quantitative estimate of drug-likeness (QED) is 0.687. The molecule has 0 aliphatic rings. The highest BCUT2D eigenvalue weighted by Crippen LogP contribution is 2.24. The largest absolute Gasteiger partial charge is 0.397 e. The maximum Gasteiger partial charge on any atom is 0.251 e. The highest BCUT2D eigenvalue weighted by Gasteiger charge is 2.12. The monoisotopic (exact) mass is 281 g/mol. The normalized spacial score (nSPS) is 10.3. The number of carbonyl (C=O) groups excluding carboxylic acids is 1. The molecule has 6 nitrogen and oxygen atoms in total. The molecule has 1 rings (SSSR count). The molecular weight excluding hydrogens is 258 g/mol. The summed E-state index contributed by atoms with van der Waals surface area (Å²) in [4.78, 5) is 13.6. The molecule has 0 radical (unpaired) electrons. The molecule has 0 aromatic heterocycles. The highest BCUT2D eigenvalue weighted by molar-refractivity contribution is 5.96. The Morgan fingerprint density at radius 2 is 1.85 bits per heavy atom. The molecule has 0 aliphatic heterocycles. The van der Waals surface area contributed by atoms with Crippen molar-refractivity contribution in [2.24, 2.45) is 0 Å². The molecule has 0 heterocycles. The van der Waals surface area contributed by atoms with E-state index in [4.69, 9.17) is 15.2 Å². The number of nitrogen functional groups attached to an aromatic ring is 1. The number of benzene rings is 1. The third-order valence-corrected chi connectivity index (χ3v) is 2.99. The van der Waals surface area contributed by atoms with Gasteiger partial charge in [0.1, 0.15) is 0 Å². The van der Waals surface area contributed by atoms with Crippen molar-refractivity contribution < 1.29 is 14.3 Å². The van der Waals surface area contributed by atoms with Crippen LogP contribution in [-0.4, -0.2) is 53.5 Å². The Labute approximate surface area is 119 Å². The van der Waals surface area contributed by atoms with E-state index in [9.17, 15) is 4.79 Å². The summed E-state index contributed by atoms with van der Waals surface area (Å²) in [6, 6.07) is 5.29. The summed E-state index contributed by atoms with van der Waals surface area (Å²) in [5.74, 6) is -0.149. The molecule has 6 heteroatoms. The number of hydrogen-bond acceptors (Lipinski definition) is 5. The average Bonchev–Trinajstić information content (AvgIpc) is 2.47. The molecule has 3 N–H and O–H groups in total. The van der Waals surface area contributed by atoms with E-state index in [0.29, 0.717) is 37.6 Å². The van der Waals surface area contributed by atoms with Gasteiger partial charge >= 0.3 is 0 Å². The number of carbonyl (C=O) groups is 1. The van der Waals surface area contributed by atoms with Crippen LogP contribution in [0.4, 0.5) is 11.4 Å². The first-order chi connectivity index (χ1) is 9.63. The van der Waals surface area contributed by atoms with E-state index in [1.807, 2.05) is 6.07 Å². The molecule has 0 saturated heterocycles. The molecule has 1 aromatic carbocycles. The summed E-state index contributed by atoms with van der Waals surface area (Å²) in [6.07, 6.45) is 0. The van der Waals surface area contributed by atoms with Gasteiger partial charge < -0.3 is 25.4 Å². The van der Waals surface area contributed by atoms with Crippen LogP contribution in [0.2, 0.25) is 0 Å². The lowest BCUT2D eigenvalue weighted by atomic mass is 10.1. The Morgan fingerprint density at radius 1 is 1.25 bits per heavy atom. The smallest absolute Gasteiger partial charge is 0.251 e. The number of nitrogens with one attached hydrogen (secondary N) is 1. The second-order valence-corrected chi connectivity index (χ2v) is 4.33. The summed E-state index contributed by atoms with van der Waals surface area (Å²) in [5.41, 5.74) is 8.05. The van der Waals surface area contributed by atoms with Gasteiger partial charge in [0.05, 0.1) is 24.6 Å². The van der Waals surface area contributed by atoms with E-state index in [-0.39, 0.29) is 5.91 Å². The maximum atomic E-state index is 11.6. The van der Waals surface area contributed by atoms with Crippen LogP contribution < -0.4 is 16.0 Å². The van der Waals surface area contributed by atoms with Crippen LogP contribution in [0.1, 0.15) is 10.4 Å². The Bertz CT molecular complexity index is 430. The predicted molar refractivity (Wildman–Crippen MR) is 80.2 cm³/mol. The van der Waals surface area contributed by atoms with Crippen molar-refractivity contribution in [3.8, 4) is 0 Å². The van der Waals surface area contributed by atoms with Crippen LogP contribution in [0.25, 0.3) is 0 Å². The molecule has 1 aromatic rings. The van der Waals surface area contributed by atoms with Crippen molar-refractivity contribution in [1.82, 2.24) is 5.32 Å². The van der Waals surface area contributed by atoms with Crippen LogP contribution >= 0.6 is 0 Å². The highest BCUT2D eigenvalue weighted by atomic mass is 16.5. The zero-order valence-corrected chi connectivity index (χ0v) is 12.3. The van der Waals surface area contributed by atoms with E-state index in [1.165, 1.54) is 0 Å². The molecule has 0 saturated carbocycles. The first kappa shape index (κ1) is 16.3. The van der Waals surface area contributed by atoms with Crippen molar-refractivity contribution in [2.45, 2.75) is 0 Å². The van der Waals surface area contributed by atoms with E-state index >= 15 is 0 Å². The number of hydrogen-bond donors (Lipinski definition) is 2. The van der Waals surface area contributed by atoms with Crippen LogP contribution in [-0.2, 0) is 9.47 Å². The SMILES string of the molecule is CNC(=O)c1ccc(N(CCOC)CCOC)c(N)c1. The van der Waals surface area contributed by atoms with E-state index in [2.05, 4.69) is 10.2 Å². The fourth-order valence-corrected chi connectivity index (χ4v) is 1.88. The number of amides is 1. The summed E-state index contributed by atoms with van der Waals surface area (Å²) in [7, 11) is 4.91. The van der Waals surface area contributed by atoms with Gasteiger partial charge in [-0.3, -0.25) is 4.79 Å². The number of methoxy groups -OCH3 is 2. The van der Waals surface area contributed by atoms with Crippen LogP contribution in [0.3, 0.4) is 0 Å². The van der Waals surface area contributed by atoms with Crippen molar-refractivity contribution >= 4 is 17.3 Å². The molecular formula is C14H23N3O3. The molecule has 0 spiro atoms. The van der Waals surface area contributed by atoms with Gasteiger partial charge in [-0.1, -0.05) is 0 Å². The van der Waals surface area contributed by atoms with Gasteiger partial charge in [0, 0.05) is 39.9 Å². The first-order valence-electron chi connectivity index (χ1n) is 6.48. The maximum absolute atomic E-state index is 11.6. The van der Waals surface area contributed by atoms with E-state index < -0.39 is 0 Å². The third kappa shape index (κ3) is 4.40. The lowest BCUT2D eigenvalue weighted by molar-refractivity contribution is 0.0963. The summed E-state index contributed by atoms with van der Waals surface area (Å²) in [5, 5.41) is 2.58. The Hall–Kier alpha value is -1.79. The Morgan fingerprint density at radius 3 is 2.30 bits per heavy atom. The van der Waals surface area contributed by atoms with Crippen molar-refractivity contribution in [3.63, 3.8) is 0 Å². The molecule has 1 amide bonds.